The quantitative estimate of drug-likeness (QED) is 0.857. The van der Waals surface area contributed by atoms with Crippen LogP contribution in [-0.2, 0) is 6.42 Å². The Labute approximate surface area is 108 Å². The van der Waals surface area contributed by atoms with Gasteiger partial charge in [-0.2, -0.15) is 0 Å². The van der Waals surface area contributed by atoms with Gasteiger partial charge in [-0.1, -0.05) is 33.1 Å². The molecule has 1 amide bonds. The van der Waals surface area contributed by atoms with Gasteiger partial charge in [-0.3, -0.25) is 9.89 Å². The number of carbonyl (C=O) groups is 1. The Bertz CT molecular complexity index is 401. The smallest absolute Gasteiger partial charge is 0.290 e. The average molecular weight is 250 g/mol. The Balaban J connectivity index is 1.84. The van der Waals surface area contributed by atoms with Gasteiger partial charge in [0.1, 0.15) is 5.82 Å². The number of aromatic amines is 1. The Hall–Kier alpha value is -1.39. The molecule has 0 saturated heterocycles. The van der Waals surface area contributed by atoms with E-state index in [-0.39, 0.29) is 11.7 Å². The average Bonchev–Trinajstić information content (AvgIpc) is 2.86. The molecule has 18 heavy (non-hydrogen) atoms. The number of nitrogens with zero attached hydrogens (tertiary/aromatic N) is 2. The maximum Gasteiger partial charge on any atom is 0.290 e. The molecule has 0 aliphatic heterocycles. The minimum atomic E-state index is -0.163. The molecule has 1 saturated carbocycles. The molecular formula is C13H22N4O. The van der Waals surface area contributed by atoms with Crippen LogP contribution >= 0.6 is 0 Å². The summed E-state index contributed by atoms with van der Waals surface area (Å²) in [4.78, 5) is 16.0. The highest BCUT2D eigenvalue weighted by Crippen LogP contribution is 2.28. The molecule has 1 fully saturated rings. The Morgan fingerprint density at radius 1 is 1.44 bits per heavy atom. The van der Waals surface area contributed by atoms with Gasteiger partial charge in [0.25, 0.3) is 5.91 Å². The van der Waals surface area contributed by atoms with Crippen LogP contribution in [0.1, 0.15) is 56.0 Å². The summed E-state index contributed by atoms with van der Waals surface area (Å²) >= 11 is 0. The summed E-state index contributed by atoms with van der Waals surface area (Å²) in [7, 11) is 0. The van der Waals surface area contributed by atoms with Crippen LogP contribution < -0.4 is 5.32 Å². The number of nitrogens with one attached hydrogen (secondary N) is 2. The second-order valence-corrected chi connectivity index (χ2v) is 5.19. The van der Waals surface area contributed by atoms with Crippen molar-refractivity contribution in [1.82, 2.24) is 20.5 Å². The third-order valence-corrected chi connectivity index (χ3v) is 3.88. The normalized spacial score (nSPS) is 23.9. The summed E-state index contributed by atoms with van der Waals surface area (Å²) in [6, 6.07) is 0. The van der Waals surface area contributed by atoms with Gasteiger partial charge in [-0.05, 0) is 18.3 Å². The summed E-state index contributed by atoms with van der Waals surface area (Å²) in [5, 5.41) is 9.64. The summed E-state index contributed by atoms with van der Waals surface area (Å²) < 4.78 is 0. The lowest BCUT2D eigenvalue weighted by atomic mass is 9.80. The predicted octanol–water partition coefficient (Wildman–Crippen LogP) is 1.92. The maximum absolute atomic E-state index is 11.9. The fraction of sp³-hybridized carbons (Fsp3) is 0.769. The first-order chi connectivity index (χ1) is 8.70. The summed E-state index contributed by atoms with van der Waals surface area (Å²) in [5.74, 6) is 2.16. The van der Waals surface area contributed by atoms with Crippen molar-refractivity contribution in [2.45, 2.75) is 46.0 Å². The highest BCUT2D eigenvalue weighted by Gasteiger charge is 2.22. The van der Waals surface area contributed by atoms with Gasteiger partial charge in [0, 0.05) is 13.0 Å². The van der Waals surface area contributed by atoms with Gasteiger partial charge >= 0.3 is 0 Å². The summed E-state index contributed by atoms with van der Waals surface area (Å²) in [6.45, 7) is 5.00. The van der Waals surface area contributed by atoms with E-state index in [9.17, 15) is 4.79 Å². The molecule has 1 aliphatic carbocycles. The molecule has 5 nitrogen and oxygen atoms in total. The molecule has 0 radical (unpaired) electrons. The first-order valence-electron chi connectivity index (χ1n) is 6.90. The Morgan fingerprint density at radius 2 is 2.22 bits per heavy atom. The first-order valence-corrected chi connectivity index (χ1v) is 6.90. The van der Waals surface area contributed by atoms with E-state index >= 15 is 0 Å². The lowest BCUT2D eigenvalue weighted by molar-refractivity contribution is 0.0926. The zero-order valence-corrected chi connectivity index (χ0v) is 11.2. The SMILES string of the molecule is CCc1nc(C(=O)NCC2CCCCC2C)n[nH]1. The molecule has 1 aliphatic rings. The number of carbonyl (C=O) groups excluding carboxylic acids is 1. The zero-order valence-electron chi connectivity index (χ0n) is 11.2. The van der Waals surface area contributed by atoms with E-state index in [2.05, 4.69) is 27.4 Å². The van der Waals surface area contributed by atoms with Gasteiger partial charge in [0.2, 0.25) is 5.82 Å². The molecule has 2 atom stereocenters. The van der Waals surface area contributed by atoms with E-state index in [1.807, 2.05) is 6.92 Å². The van der Waals surface area contributed by atoms with E-state index < -0.39 is 0 Å². The van der Waals surface area contributed by atoms with Gasteiger partial charge in [-0.25, -0.2) is 4.98 Å². The summed E-state index contributed by atoms with van der Waals surface area (Å²) in [5.41, 5.74) is 0. The fourth-order valence-corrected chi connectivity index (χ4v) is 2.55. The van der Waals surface area contributed by atoms with Crippen LogP contribution in [-0.4, -0.2) is 27.6 Å². The zero-order chi connectivity index (χ0) is 13.0. The molecular weight excluding hydrogens is 228 g/mol. The molecule has 1 heterocycles. The van der Waals surface area contributed by atoms with Crippen molar-refractivity contribution >= 4 is 5.91 Å². The molecule has 0 aromatic carbocycles. The number of aromatic nitrogens is 3. The van der Waals surface area contributed by atoms with E-state index in [4.69, 9.17) is 0 Å². The fourth-order valence-electron chi connectivity index (χ4n) is 2.55. The van der Waals surface area contributed by atoms with Gasteiger partial charge < -0.3 is 5.32 Å². The standard InChI is InChI=1S/C13H22N4O/c1-3-11-15-12(17-16-11)13(18)14-8-10-7-5-4-6-9(10)2/h9-10H,3-8H2,1-2H3,(H,14,18)(H,15,16,17). The second-order valence-electron chi connectivity index (χ2n) is 5.19. The van der Waals surface area contributed by atoms with Crippen molar-refractivity contribution in [2.24, 2.45) is 11.8 Å². The third kappa shape index (κ3) is 3.09. The number of amides is 1. The third-order valence-electron chi connectivity index (χ3n) is 3.88. The molecule has 2 rings (SSSR count). The predicted molar refractivity (Wildman–Crippen MR) is 69.2 cm³/mol. The Morgan fingerprint density at radius 3 is 2.89 bits per heavy atom. The molecule has 1 aromatic rings. The van der Waals surface area contributed by atoms with E-state index in [1.54, 1.807) is 0 Å². The van der Waals surface area contributed by atoms with Crippen molar-refractivity contribution in [3.63, 3.8) is 0 Å². The first kappa shape index (κ1) is 13.1. The van der Waals surface area contributed by atoms with Gasteiger partial charge in [0.05, 0.1) is 0 Å². The lowest BCUT2D eigenvalue weighted by Gasteiger charge is -2.28. The number of H-pyrrole nitrogens is 1. The van der Waals surface area contributed by atoms with Crippen molar-refractivity contribution in [3.8, 4) is 0 Å². The summed E-state index contributed by atoms with van der Waals surface area (Å²) in [6.07, 6.45) is 5.87. The molecule has 0 bridgehead atoms. The van der Waals surface area contributed by atoms with E-state index in [0.29, 0.717) is 11.8 Å². The maximum atomic E-state index is 11.9. The topological polar surface area (TPSA) is 70.7 Å². The molecule has 1 aromatic heterocycles. The highest BCUT2D eigenvalue weighted by molar-refractivity contribution is 5.90. The number of rotatable bonds is 4. The van der Waals surface area contributed by atoms with Crippen LogP contribution in [0.15, 0.2) is 0 Å². The molecule has 5 heteroatoms. The van der Waals surface area contributed by atoms with Crippen molar-refractivity contribution in [2.75, 3.05) is 6.54 Å². The minimum Gasteiger partial charge on any atom is -0.349 e. The van der Waals surface area contributed by atoms with Crippen LogP contribution in [0, 0.1) is 11.8 Å². The van der Waals surface area contributed by atoms with E-state index in [1.165, 1.54) is 25.7 Å². The molecule has 2 unspecified atom stereocenters. The van der Waals surface area contributed by atoms with Gasteiger partial charge in [-0.15, -0.1) is 5.10 Å². The van der Waals surface area contributed by atoms with E-state index in [0.717, 1.165) is 18.8 Å². The van der Waals surface area contributed by atoms with Crippen molar-refractivity contribution < 1.29 is 4.79 Å². The lowest BCUT2D eigenvalue weighted by Crippen LogP contribution is -2.33. The van der Waals surface area contributed by atoms with Crippen LogP contribution in [0.4, 0.5) is 0 Å². The number of hydrogen-bond acceptors (Lipinski definition) is 3. The molecule has 0 spiro atoms. The van der Waals surface area contributed by atoms with Crippen molar-refractivity contribution in [1.29, 1.82) is 0 Å². The van der Waals surface area contributed by atoms with Crippen LogP contribution in [0.2, 0.25) is 0 Å². The number of aryl methyl sites for hydroxylation is 1. The molecule has 2 N–H and O–H groups in total. The second kappa shape index (κ2) is 5.98. The van der Waals surface area contributed by atoms with Crippen LogP contribution in [0.3, 0.4) is 0 Å². The van der Waals surface area contributed by atoms with Crippen molar-refractivity contribution in [3.05, 3.63) is 11.6 Å². The highest BCUT2D eigenvalue weighted by atomic mass is 16.2. The van der Waals surface area contributed by atoms with Crippen LogP contribution in [0.25, 0.3) is 0 Å². The minimum absolute atomic E-state index is 0.163. The Kier molecular flexibility index (Phi) is 4.33. The monoisotopic (exact) mass is 250 g/mol. The molecule has 100 valence electrons. The number of hydrogen-bond donors (Lipinski definition) is 2. The van der Waals surface area contributed by atoms with Crippen LogP contribution in [0.5, 0.6) is 0 Å². The largest absolute Gasteiger partial charge is 0.349 e. The van der Waals surface area contributed by atoms with Gasteiger partial charge in [0.15, 0.2) is 0 Å².